The van der Waals surface area contributed by atoms with Crippen molar-refractivity contribution in [3.63, 3.8) is 0 Å². The van der Waals surface area contributed by atoms with Crippen molar-refractivity contribution in [1.29, 1.82) is 0 Å². The molecular formula is C43H46Cl2N8O8. The van der Waals surface area contributed by atoms with Crippen LogP contribution in [0.2, 0.25) is 10.0 Å². The highest BCUT2D eigenvalue weighted by Gasteiger charge is 2.30. The molecule has 0 bridgehead atoms. The van der Waals surface area contributed by atoms with E-state index < -0.39 is 23.3 Å². The first kappa shape index (κ1) is 43.0. The normalized spacial score (nSPS) is 16.4. The summed E-state index contributed by atoms with van der Waals surface area (Å²) in [4.78, 5) is 74.6. The Bertz CT molecular complexity index is 2600. The lowest BCUT2D eigenvalue weighted by Crippen LogP contribution is -2.43. The number of nitrogens with zero attached hydrogens (tertiary/aromatic N) is 6. The van der Waals surface area contributed by atoms with Crippen LogP contribution in [0.3, 0.4) is 0 Å². The van der Waals surface area contributed by atoms with Gasteiger partial charge in [-0.2, -0.15) is 4.52 Å². The van der Waals surface area contributed by atoms with E-state index in [0.29, 0.717) is 80.6 Å². The van der Waals surface area contributed by atoms with E-state index >= 15 is 0 Å². The molecule has 0 radical (unpaired) electrons. The van der Waals surface area contributed by atoms with Gasteiger partial charge in [0.15, 0.2) is 5.65 Å². The van der Waals surface area contributed by atoms with Crippen molar-refractivity contribution in [3.8, 4) is 39.5 Å². The number of halogens is 2. The SMILES string of the molecule is COc1nc(-c2cccc(-c3cccc(-c4cc5nc(CN(C[C@@H]6CCC(=O)N6)C(=O)O)cc(=O)n5n4C)c3Cl)c2Cl)ccc1CN(C[C@@H]1CCC(=O)N1)C(=O)OC(C)(C)C. The number of carbonyl (C=O) groups excluding carboxylic acids is 3. The van der Waals surface area contributed by atoms with Crippen LogP contribution in [0.15, 0.2) is 65.5 Å². The summed E-state index contributed by atoms with van der Waals surface area (Å²) in [5.41, 5.74) is 3.54. The van der Waals surface area contributed by atoms with Gasteiger partial charge in [0.1, 0.15) is 5.60 Å². The summed E-state index contributed by atoms with van der Waals surface area (Å²) in [7, 11) is 3.20. The van der Waals surface area contributed by atoms with Crippen LogP contribution in [0.5, 0.6) is 5.88 Å². The number of benzene rings is 2. The third-order valence-corrected chi connectivity index (χ3v) is 11.4. The molecule has 3 N–H and O–H groups in total. The molecule has 0 saturated carbocycles. The predicted molar refractivity (Wildman–Crippen MR) is 229 cm³/mol. The summed E-state index contributed by atoms with van der Waals surface area (Å²) in [5, 5.41) is 16.3. The molecule has 2 atom stereocenters. The molecule has 16 nitrogen and oxygen atoms in total. The molecule has 4 amide bonds. The molecule has 2 aromatic carbocycles. The molecule has 2 aliphatic rings. The minimum absolute atomic E-state index is 0.0564. The third kappa shape index (κ3) is 9.45. The Labute approximate surface area is 361 Å². The maximum atomic E-state index is 13.5. The Hall–Kier alpha value is -6.13. The summed E-state index contributed by atoms with van der Waals surface area (Å²) < 4.78 is 14.4. The second kappa shape index (κ2) is 17.5. The van der Waals surface area contributed by atoms with E-state index in [1.165, 1.54) is 22.6 Å². The Kier molecular flexibility index (Phi) is 12.3. The van der Waals surface area contributed by atoms with Gasteiger partial charge in [0.05, 0.1) is 47.3 Å². The number of nitrogens with one attached hydrogen (secondary N) is 2. The zero-order chi connectivity index (χ0) is 43.7. The van der Waals surface area contributed by atoms with Gasteiger partial charge in [-0.3, -0.25) is 19.1 Å². The molecule has 0 unspecified atom stereocenters. The number of aryl methyl sites for hydroxylation is 1. The average Bonchev–Trinajstić information content (AvgIpc) is 3.91. The van der Waals surface area contributed by atoms with E-state index in [-0.39, 0.29) is 61.7 Å². The van der Waals surface area contributed by atoms with E-state index in [1.54, 1.807) is 44.6 Å². The summed E-state index contributed by atoms with van der Waals surface area (Å²) in [5.74, 6) is 0.101. The Morgan fingerprint density at radius 2 is 1.43 bits per heavy atom. The highest BCUT2D eigenvalue weighted by molar-refractivity contribution is 6.39. The van der Waals surface area contributed by atoms with Crippen molar-refractivity contribution in [2.75, 3.05) is 20.2 Å². The van der Waals surface area contributed by atoms with Crippen LogP contribution in [0.1, 0.15) is 57.7 Å². The molecule has 0 spiro atoms. The van der Waals surface area contributed by atoms with Crippen LogP contribution < -0.4 is 20.9 Å². The van der Waals surface area contributed by atoms with Crippen molar-refractivity contribution < 1.29 is 33.8 Å². The third-order valence-electron chi connectivity index (χ3n) is 10.5. The standard InChI is InChI=1S/C43H46Cl2N8O8/c1-43(2,3)61-42(59)52(22-26-14-17-36(55)48-26)20-24-12-15-32(49-40(24)60-5)30-10-6-8-28(38(30)44)29-9-7-11-31(39(29)45)33-19-34-46-27(18-37(56)53(34)50(33)4)23-51(41(57)58)21-25-13-16-35(54)47-25/h6-12,15,18-19,25-26H,13-14,16-17,20-23H2,1-5H3,(H,47,54)(H,48,55)(H,57,58)/t25-,26-/m0/s1. The zero-order valence-electron chi connectivity index (χ0n) is 34.3. The van der Waals surface area contributed by atoms with Crippen molar-refractivity contribution in [2.45, 2.75) is 77.2 Å². The summed E-state index contributed by atoms with van der Waals surface area (Å²) >= 11 is 14.3. The van der Waals surface area contributed by atoms with E-state index in [0.717, 1.165) is 4.90 Å². The van der Waals surface area contributed by atoms with Crippen molar-refractivity contribution in [2.24, 2.45) is 7.05 Å². The molecule has 0 aliphatic carbocycles. The van der Waals surface area contributed by atoms with Gasteiger partial charge in [-0.05, 0) is 45.7 Å². The van der Waals surface area contributed by atoms with E-state index in [2.05, 4.69) is 15.6 Å². The second-order valence-electron chi connectivity index (χ2n) is 16.1. The van der Waals surface area contributed by atoms with E-state index in [1.807, 2.05) is 42.5 Å². The molecule has 5 heterocycles. The van der Waals surface area contributed by atoms with Gasteiger partial charge in [-0.15, -0.1) is 0 Å². The highest BCUT2D eigenvalue weighted by Crippen LogP contribution is 2.42. The number of pyridine rings is 1. The number of amides is 4. The topological polar surface area (TPSA) is 190 Å². The average molecular weight is 874 g/mol. The molecule has 2 aliphatic heterocycles. The molecule has 2 fully saturated rings. The number of methoxy groups -OCH3 is 1. The molecule has 5 aromatic rings. The lowest BCUT2D eigenvalue weighted by molar-refractivity contribution is -0.120. The fourth-order valence-electron chi connectivity index (χ4n) is 7.69. The van der Waals surface area contributed by atoms with Gasteiger partial charge in [-0.1, -0.05) is 59.6 Å². The Morgan fingerprint density at radius 3 is 2.00 bits per heavy atom. The van der Waals surface area contributed by atoms with E-state index in [4.69, 9.17) is 37.7 Å². The first-order valence-electron chi connectivity index (χ1n) is 19.7. The monoisotopic (exact) mass is 872 g/mol. The first-order valence-corrected chi connectivity index (χ1v) is 20.5. The summed E-state index contributed by atoms with van der Waals surface area (Å²) in [6.45, 7) is 5.68. The molecule has 7 rings (SSSR count). The van der Waals surface area contributed by atoms with Gasteiger partial charge in [0.2, 0.25) is 17.7 Å². The molecule has 2 saturated heterocycles. The predicted octanol–water partition coefficient (Wildman–Crippen LogP) is 6.52. The summed E-state index contributed by atoms with van der Waals surface area (Å²) in [6.07, 6.45) is 0.145. The molecule has 61 heavy (non-hydrogen) atoms. The summed E-state index contributed by atoms with van der Waals surface area (Å²) in [6, 6.07) is 17.1. The van der Waals surface area contributed by atoms with Crippen LogP contribution in [0.25, 0.3) is 39.3 Å². The number of carboxylic acid groups (broad SMARTS) is 1. The number of rotatable bonds is 12. The first-order chi connectivity index (χ1) is 29.0. The lowest BCUT2D eigenvalue weighted by Gasteiger charge is -2.29. The Morgan fingerprint density at radius 1 is 0.836 bits per heavy atom. The maximum Gasteiger partial charge on any atom is 0.410 e. The number of fused-ring (bicyclic) bond motifs is 1. The van der Waals surface area contributed by atoms with Crippen LogP contribution in [-0.4, -0.2) is 96.0 Å². The van der Waals surface area contributed by atoms with Crippen molar-refractivity contribution in [1.82, 2.24) is 39.6 Å². The van der Waals surface area contributed by atoms with Crippen molar-refractivity contribution in [3.05, 3.63) is 92.3 Å². The van der Waals surface area contributed by atoms with Crippen molar-refractivity contribution >= 4 is 52.8 Å². The number of carbonyl (C=O) groups is 4. The number of aromatic nitrogens is 4. The van der Waals surface area contributed by atoms with Gasteiger partial charge < -0.3 is 35.0 Å². The number of ether oxygens (including phenoxy) is 2. The maximum absolute atomic E-state index is 13.5. The van der Waals surface area contributed by atoms with Gasteiger partial charge in [-0.25, -0.2) is 19.6 Å². The van der Waals surface area contributed by atoms with Crippen LogP contribution in [0.4, 0.5) is 9.59 Å². The van der Waals surface area contributed by atoms with Gasteiger partial charge in [0.25, 0.3) is 5.56 Å². The molecule has 3 aromatic heterocycles. The smallest absolute Gasteiger partial charge is 0.410 e. The molecule has 18 heteroatoms. The second-order valence-corrected chi connectivity index (χ2v) is 16.9. The molecular weight excluding hydrogens is 827 g/mol. The fourth-order valence-corrected chi connectivity index (χ4v) is 8.34. The highest BCUT2D eigenvalue weighted by atomic mass is 35.5. The molecule has 320 valence electrons. The Balaban J connectivity index is 1.17. The number of hydrogen-bond acceptors (Lipinski definition) is 9. The van der Waals surface area contributed by atoms with Crippen LogP contribution >= 0.6 is 23.2 Å². The van der Waals surface area contributed by atoms with Gasteiger partial charge >= 0.3 is 12.2 Å². The minimum atomic E-state index is -1.19. The van der Waals surface area contributed by atoms with E-state index in [9.17, 15) is 29.1 Å². The lowest BCUT2D eigenvalue weighted by atomic mass is 9.98. The largest absolute Gasteiger partial charge is 0.481 e. The van der Waals surface area contributed by atoms with Gasteiger partial charge in [0, 0.05) is 85.0 Å². The van der Waals surface area contributed by atoms with Crippen LogP contribution in [0, 0.1) is 0 Å². The fraction of sp³-hybridized carbons (Fsp3) is 0.372. The quantitative estimate of drug-likeness (QED) is 0.125. The van der Waals surface area contributed by atoms with Crippen LogP contribution in [-0.2, 0) is 34.5 Å². The number of hydrogen-bond donors (Lipinski definition) is 3. The zero-order valence-corrected chi connectivity index (χ0v) is 35.8. The minimum Gasteiger partial charge on any atom is -0.481 e.